The van der Waals surface area contributed by atoms with Gasteiger partial charge in [0.1, 0.15) is 0 Å². The Morgan fingerprint density at radius 2 is 2.22 bits per heavy atom. The molecular weight excluding hydrogens is 290 g/mol. The van der Waals surface area contributed by atoms with Gasteiger partial charge in [-0.25, -0.2) is 4.79 Å². The molecule has 6 heteroatoms. The Morgan fingerprint density at radius 1 is 1.30 bits per heavy atom. The summed E-state index contributed by atoms with van der Waals surface area (Å²) in [4.78, 5) is 15.3. The Bertz CT molecular complexity index is 876. The number of anilines is 1. The third-order valence-electron chi connectivity index (χ3n) is 4.31. The molecule has 23 heavy (non-hydrogen) atoms. The number of H-pyrrole nitrogens is 2. The van der Waals surface area contributed by atoms with Crippen molar-refractivity contribution in [2.75, 3.05) is 11.9 Å². The van der Waals surface area contributed by atoms with Crippen molar-refractivity contribution in [3.05, 3.63) is 35.5 Å². The Morgan fingerprint density at radius 3 is 3.09 bits per heavy atom. The number of nitrogens with one attached hydrogen (secondary N) is 4. The van der Waals surface area contributed by atoms with Crippen molar-refractivity contribution in [3.63, 3.8) is 0 Å². The molecule has 0 saturated heterocycles. The maximum absolute atomic E-state index is 11.8. The molecule has 2 heterocycles. The van der Waals surface area contributed by atoms with E-state index in [9.17, 15) is 4.79 Å². The Hall–Kier alpha value is -2.76. The number of urea groups is 1. The molecule has 0 spiro atoms. The molecule has 0 fully saturated rings. The molecule has 0 unspecified atom stereocenters. The van der Waals surface area contributed by atoms with Gasteiger partial charge in [0, 0.05) is 23.1 Å². The van der Waals surface area contributed by atoms with Crippen molar-refractivity contribution in [2.45, 2.75) is 26.2 Å². The lowest BCUT2D eigenvalue weighted by atomic mass is 9.94. The van der Waals surface area contributed by atoms with E-state index in [0.717, 1.165) is 47.2 Å². The Kier molecular flexibility index (Phi) is 3.29. The Labute approximate surface area is 133 Å². The number of nitrogens with zero attached hydrogens (tertiary/aromatic N) is 1. The quantitative estimate of drug-likeness (QED) is 0.599. The van der Waals surface area contributed by atoms with Gasteiger partial charge < -0.3 is 15.6 Å². The lowest BCUT2D eigenvalue weighted by Crippen LogP contribution is -2.29. The average Bonchev–Trinajstić information content (AvgIpc) is 3.16. The lowest BCUT2D eigenvalue weighted by molar-refractivity contribution is 0.252. The van der Waals surface area contributed by atoms with Gasteiger partial charge in [-0.3, -0.25) is 5.10 Å². The minimum absolute atomic E-state index is 0.161. The largest absolute Gasteiger partial charge is 0.353 e. The highest BCUT2D eigenvalue weighted by atomic mass is 16.2. The van der Waals surface area contributed by atoms with Gasteiger partial charge in [-0.15, -0.1) is 0 Å². The normalized spacial score (nSPS) is 12.7. The van der Waals surface area contributed by atoms with E-state index in [1.54, 1.807) is 0 Å². The number of rotatable bonds is 3. The number of aryl methyl sites for hydroxylation is 2. The molecular formula is C17H19N5O. The lowest BCUT2D eigenvalue weighted by Gasteiger charge is -2.11. The number of amides is 2. The number of hydrogen-bond acceptors (Lipinski definition) is 2. The monoisotopic (exact) mass is 309 g/mol. The van der Waals surface area contributed by atoms with Crippen LogP contribution in [-0.4, -0.2) is 27.8 Å². The second-order valence-corrected chi connectivity index (χ2v) is 5.89. The van der Waals surface area contributed by atoms with Crippen molar-refractivity contribution in [1.82, 2.24) is 20.5 Å². The standard InChI is InChI=1S/C17H19N5O/c1-2-7-18-17(23)20-11-4-6-14-13(8-11)12-5-3-10-9-19-22-15(10)16(12)21-14/h4,6,8-9,21H,2-3,5,7H2,1H3,(H,19,22)(H2,18,20,23). The van der Waals surface area contributed by atoms with E-state index < -0.39 is 0 Å². The van der Waals surface area contributed by atoms with Gasteiger partial charge in [0.15, 0.2) is 0 Å². The molecule has 0 aliphatic heterocycles. The van der Waals surface area contributed by atoms with Crippen LogP contribution in [0.15, 0.2) is 24.4 Å². The third-order valence-corrected chi connectivity index (χ3v) is 4.31. The van der Waals surface area contributed by atoms with Gasteiger partial charge in [-0.2, -0.15) is 5.10 Å². The van der Waals surface area contributed by atoms with Gasteiger partial charge in [0.05, 0.1) is 17.6 Å². The zero-order valence-corrected chi connectivity index (χ0v) is 13.0. The van der Waals surface area contributed by atoms with Crippen molar-refractivity contribution >= 4 is 22.6 Å². The molecule has 1 aliphatic rings. The second-order valence-electron chi connectivity index (χ2n) is 5.89. The van der Waals surface area contributed by atoms with Crippen LogP contribution in [0.5, 0.6) is 0 Å². The highest BCUT2D eigenvalue weighted by molar-refractivity contribution is 5.96. The van der Waals surface area contributed by atoms with E-state index in [4.69, 9.17) is 0 Å². The first-order chi connectivity index (χ1) is 11.3. The van der Waals surface area contributed by atoms with E-state index in [1.165, 1.54) is 11.1 Å². The summed E-state index contributed by atoms with van der Waals surface area (Å²) in [6.07, 6.45) is 4.78. The fraction of sp³-hybridized carbons (Fsp3) is 0.294. The van der Waals surface area contributed by atoms with Crippen molar-refractivity contribution < 1.29 is 4.79 Å². The van der Waals surface area contributed by atoms with Gasteiger partial charge in [-0.1, -0.05) is 6.92 Å². The molecule has 1 aliphatic carbocycles. The number of fused-ring (bicyclic) bond motifs is 5. The minimum atomic E-state index is -0.161. The van der Waals surface area contributed by atoms with Crippen LogP contribution in [0.1, 0.15) is 24.5 Å². The second kappa shape index (κ2) is 5.46. The summed E-state index contributed by atoms with van der Waals surface area (Å²) in [5.41, 5.74) is 6.62. The van der Waals surface area contributed by atoms with E-state index in [1.807, 2.05) is 31.3 Å². The molecule has 4 rings (SSSR count). The molecule has 1 aromatic carbocycles. The molecule has 3 aromatic rings. The van der Waals surface area contributed by atoms with Crippen LogP contribution < -0.4 is 10.6 Å². The van der Waals surface area contributed by atoms with Crippen molar-refractivity contribution in [2.24, 2.45) is 0 Å². The maximum atomic E-state index is 11.8. The molecule has 2 amide bonds. The Balaban J connectivity index is 1.69. The molecule has 0 bridgehead atoms. The first-order valence-electron chi connectivity index (χ1n) is 7.98. The molecule has 6 nitrogen and oxygen atoms in total. The van der Waals surface area contributed by atoms with Crippen LogP contribution in [0, 0.1) is 0 Å². The average molecular weight is 309 g/mol. The van der Waals surface area contributed by atoms with Gasteiger partial charge in [0.2, 0.25) is 0 Å². The molecule has 118 valence electrons. The van der Waals surface area contributed by atoms with Crippen LogP contribution in [0.2, 0.25) is 0 Å². The van der Waals surface area contributed by atoms with E-state index in [2.05, 4.69) is 25.8 Å². The van der Waals surface area contributed by atoms with E-state index >= 15 is 0 Å². The molecule has 2 aromatic heterocycles. The van der Waals surface area contributed by atoms with Gasteiger partial charge in [0.25, 0.3) is 0 Å². The zero-order valence-electron chi connectivity index (χ0n) is 13.0. The highest BCUT2D eigenvalue weighted by Crippen LogP contribution is 2.36. The van der Waals surface area contributed by atoms with Crippen LogP contribution in [-0.2, 0) is 12.8 Å². The topological polar surface area (TPSA) is 85.6 Å². The first-order valence-corrected chi connectivity index (χ1v) is 7.98. The maximum Gasteiger partial charge on any atom is 0.319 e. The number of hydrogen-bond donors (Lipinski definition) is 4. The van der Waals surface area contributed by atoms with Gasteiger partial charge >= 0.3 is 6.03 Å². The smallest absolute Gasteiger partial charge is 0.319 e. The number of aromatic nitrogens is 3. The molecule has 0 atom stereocenters. The fourth-order valence-electron chi connectivity index (χ4n) is 3.19. The summed E-state index contributed by atoms with van der Waals surface area (Å²) < 4.78 is 0. The SMILES string of the molecule is CCCNC(=O)Nc1ccc2[nH]c3c(c2c1)CCc1cn[nH]c1-3. The van der Waals surface area contributed by atoms with Crippen LogP contribution >= 0.6 is 0 Å². The molecule has 4 N–H and O–H groups in total. The number of aromatic amines is 2. The van der Waals surface area contributed by atoms with Crippen LogP contribution in [0.3, 0.4) is 0 Å². The predicted octanol–water partition coefficient (Wildman–Crippen LogP) is 3.19. The summed E-state index contributed by atoms with van der Waals surface area (Å²) in [6.45, 7) is 2.71. The first kappa shape index (κ1) is 13.9. The van der Waals surface area contributed by atoms with Crippen LogP contribution in [0.4, 0.5) is 10.5 Å². The summed E-state index contributed by atoms with van der Waals surface area (Å²) in [7, 11) is 0. The van der Waals surface area contributed by atoms with E-state index in [-0.39, 0.29) is 6.03 Å². The summed E-state index contributed by atoms with van der Waals surface area (Å²) >= 11 is 0. The number of carbonyl (C=O) groups is 1. The summed E-state index contributed by atoms with van der Waals surface area (Å²) in [5, 5.41) is 14.1. The zero-order chi connectivity index (χ0) is 15.8. The van der Waals surface area contributed by atoms with Crippen LogP contribution in [0.25, 0.3) is 22.3 Å². The van der Waals surface area contributed by atoms with Crippen molar-refractivity contribution in [1.29, 1.82) is 0 Å². The molecule has 0 radical (unpaired) electrons. The molecule has 0 saturated carbocycles. The fourth-order valence-corrected chi connectivity index (χ4v) is 3.19. The predicted molar refractivity (Wildman–Crippen MR) is 90.6 cm³/mol. The summed E-state index contributed by atoms with van der Waals surface area (Å²) in [5.74, 6) is 0. The highest BCUT2D eigenvalue weighted by Gasteiger charge is 2.22. The number of carbonyl (C=O) groups excluding carboxylic acids is 1. The minimum Gasteiger partial charge on any atom is -0.353 e. The number of benzene rings is 1. The summed E-state index contributed by atoms with van der Waals surface area (Å²) in [6, 6.07) is 5.81. The van der Waals surface area contributed by atoms with Gasteiger partial charge in [-0.05, 0) is 48.6 Å². The van der Waals surface area contributed by atoms with E-state index in [0.29, 0.717) is 6.54 Å². The van der Waals surface area contributed by atoms with Crippen molar-refractivity contribution in [3.8, 4) is 11.4 Å². The third kappa shape index (κ3) is 2.36.